The average Bonchev–Trinajstić information content (AvgIpc) is 3.47. The second-order valence-electron chi connectivity index (χ2n) is 7.34. The minimum atomic E-state index is -0.160. The fourth-order valence-electron chi connectivity index (χ4n) is 3.83. The van der Waals surface area contributed by atoms with Crippen molar-refractivity contribution in [2.45, 2.75) is 31.8 Å². The standard InChI is InChI=1S/C21H25N3O5/c1-27-16-4-5-17(20(25)23-8-2-3-9-23)18(12-16)29-15-6-10-24(11-7-15)21(26)19-13-22-14-28-19/h4-5,12-15H,2-3,6-11H2,1H3. The van der Waals surface area contributed by atoms with Crippen LogP contribution in [0.2, 0.25) is 0 Å². The Balaban J connectivity index is 1.43. The number of amides is 2. The summed E-state index contributed by atoms with van der Waals surface area (Å²) >= 11 is 0. The molecule has 2 amide bonds. The third-order valence-corrected chi connectivity index (χ3v) is 5.48. The summed E-state index contributed by atoms with van der Waals surface area (Å²) in [5.41, 5.74) is 0.563. The molecule has 1 aromatic carbocycles. The Bertz CT molecular complexity index is 853. The van der Waals surface area contributed by atoms with Crippen LogP contribution >= 0.6 is 0 Å². The molecule has 2 aromatic rings. The minimum absolute atomic E-state index is 0.00177. The van der Waals surface area contributed by atoms with E-state index in [9.17, 15) is 9.59 Å². The van der Waals surface area contributed by atoms with Crippen LogP contribution in [0.3, 0.4) is 0 Å². The van der Waals surface area contributed by atoms with Gasteiger partial charge in [-0.05, 0) is 25.0 Å². The van der Waals surface area contributed by atoms with Crippen LogP contribution in [-0.4, -0.2) is 66.0 Å². The molecule has 0 radical (unpaired) electrons. The Morgan fingerprint density at radius 2 is 1.79 bits per heavy atom. The van der Waals surface area contributed by atoms with Gasteiger partial charge in [0.2, 0.25) is 5.76 Å². The van der Waals surface area contributed by atoms with E-state index in [4.69, 9.17) is 13.9 Å². The van der Waals surface area contributed by atoms with E-state index in [0.717, 1.165) is 25.9 Å². The SMILES string of the molecule is COc1ccc(C(=O)N2CCCC2)c(OC2CCN(C(=O)c3cnco3)CC2)c1. The van der Waals surface area contributed by atoms with Crippen molar-refractivity contribution in [3.05, 3.63) is 42.1 Å². The number of carbonyl (C=O) groups is 2. The van der Waals surface area contributed by atoms with Gasteiger partial charge in [0.05, 0.1) is 18.9 Å². The zero-order valence-corrected chi connectivity index (χ0v) is 16.5. The smallest absolute Gasteiger partial charge is 0.291 e. The van der Waals surface area contributed by atoms with Crippen molar-refractivity contribution in [2.24, 2.45) is 0 Å². The topological polar surface area (TPSA) is 85.1 Å². The summed E-state index contributed by atoms with van der Waals surface area (Å²) in [6, 6.07) is 5.33. The largest absolute Gasteiger partial charge is 0.497 e. The van der Waals surface area contributed by atoms with Crippen LogP contribution in [0.5, 0.6) is 11.5 Å². The molecule has 2 fully saturated rings. The Morgan fingerprint density at radius 3 is 2.45 bits per heavy atom. The van der Waals surface area contributed by atoms with E-state index in [2.05, 4.69) is 4.98 Å². The highest BCUT2D eigenvalue weighted by molar-refractivity contribution is 5.97. The molecule has 0 N–H and O–H groups in total. The molecule has 8 heteroatoms. The molecule has 2 saturated heterocycles. The quantitative estimate of drug-likeness (QED) is 0.768. The lowest BCUT2D eigenvalue weighted by atomic mass is 10.1. The predicted octanol–water partition coefficient (Wildman–Crippen LogP) is 2.60. The number of benzene rings is 1. The number of hydrogen-bond acceptors (Lipinski definition) is 6. The minimum Gasteiger partial charge on any atom is -0.497 e. The second kappa shape index (κ2) is 8.55. The summed E-state index contributed by atoms with van der Waals surface area (Å²) in [6.07, 6.45) is 6.03. The predicted molar refractivity (Wildman–Crippen MR) is 104 cm³/mol. The lowest BCUT2D eigenvalue weighted by Crippen LogP contribution is -2.41. The molecule has 0 aliphatic carbocycles. The van der Waals surface area contributed by atoms with Crippen molar-refractivity contribution in [3.63, 3.8) is 0 Å². The van der Waals surface area contributed by atoms with Crippen molar-refractivity contribution < 1.29 is 23.5 Å². The van der Waals surface area contributed by atoms with Crippen LogP contribution in [0, 0.1) is 0 Å². The summed E-state index contributed by atoms with van der Waals surface area (Å²) in [5.74, 6) is 1.28. The second-order valence-corrected chi connectivity index (χ2v) is 7.34. The van der Waals surface area contributed by atoms with Gasteiger partial charge in [-0.15, -0.1) is 0 Å². The van der Waals surface area contributed by atoms with Gasteiger partial charge in [0.1, 0.15) is 17.6 Å². The van der Waals surface area contributed by atoms with Crippen LogP contribution in [-0.2, 0) is 0 Å². The first-order valence-corrected chi connectivity index (χ1v) is 9.97. The van der Waals surface area contributed by atoms with Crippen LogP contribution < -0.4 is 9.47 Å². The number of likely N-dealkylation sites (tertiary alicyclic amines) is 2. The van der Waals surface area contributed by atoms with Gasteiger partial charge in [-0.3, -0.25) is 9.59 Å². The Hall–Kier alpha value is -3.03. The van der Waals surface area contributed by atoms with Crippen LogP contribution in [0.25, 0.3) is 0 Å². The maximum atomic E-state index is 12.9. The molecule has 0 saturated carbocycles. The van der Waals surface area contributed by atoms with E-state index in [1.807, 2.05) is 4.90 Å². The molecule has 8 nitrogen and oxygen atoms in total. The van der Waals surface area contributed by atoms with E-state index in [1.54, 1.807) is 30.2 Å². The first-order chi connectivity index (χ1) is 14.2. The first kappa shape index (κ1) is 19.3. The normalized spacial score (nSPS) is 17.4. The van der Waals surface area contributed by atoms with Gasteiger partial charge in [0.25, 0.3) is 11.8 Å². The zero-order chi connectivity index (χ0) is 20.2. The van der Waals surface area contributed by atoms with Gasteiger partial charge >= 0.3 is 0 Å². The number of carbonyl (C=O) groups excluding carboxylic acids is 2. The third-order valence-electron chi connectivity index (χ3n) is 5.48. The maximum absolute atomic E-state index is 12.9. The molecule has 0 unspecified atom stereocenters. The van der Waals surface area contributed by atoms with Gasteiger partial charge in [0.15, 0.2) is 6.39 Å². The van der Waals surface area contributed by atoms with Crippen molar-refractivity contribution in [2.75, 3.05) is 33.3 Å². The van der Waals surface area contributed by atoms with E-state index in [1.165, 1.54) is 12.6 Å². The Labute approximate surface area is 169 Å². The van der Waals surface area contributed by atoms with Gasteiger partial charge in [-0.1, -0.05) is 0 Å². The summed E-state index contributed by atoms with van der Waals surface area (Å²) in [4.78, 5) is 32.7. The first-order valence-electron chi connectivity index (χ1n) is 9.97. The molecule has 1 aromatic heterocycles. The highest BCUT2D eigenvalue weighted by Crippen LogP contribution is 2.30. The molecule has 3 heterocycles. The lowest BCUT2D eigenvalue weighted by Gasteiger charge is -2.32. The van der Waals surface area contributed by atoms with Gasteiger partial charge in [-0.25, -0.2) is 4.98 Å². The number of methoxy groups -OCH3 is 1. The summed E-state index contributed by atoms with van der Waals surface area (Å²) in [7, 11) is 1.59. The highest BCUT2D eigenvalue weighted by Gasteiger charge is 2.28. The maximum Gasteiger partial charge on any atom is 0.291 e. The van der Waals surface area contributed by atoms with E-state index in [0.29, 0.717) is 43.0 Å². The van der Waals surface area contributed by atoms with Gasteiger partial charge in [0, 0.05) is 45.1 Å². The molecule has 0 bridgehead atoms. The van der Waals surface area contributed by atoms with Crippen molar-refractivity contribution in [3.8, 4) is 11.5 Å². The van der Waals surface area contributed by atoms with Crippen LogP contribution in [0.1, 0.15) is 46.6 Å². The monoisotopic (exact) mass is 399 g/mol. The molecule has 2 aliphatic heterocycles. The number of hydrogen-bond donors (Lipinski definition) is 0. The number of ether oxygens (including phenoxy) is 2. The third kappa shape index (κ3) is 4.21. The highest BCUT2D eigenvalue weighted by atomic mass is 16.5. The number of aromatic nitrogens is 1. The molecule has 4 rings (SSSR count). The molecular formula is C21H25N3O5. The van der Waals surface area contributed by atoms with Crippen molar-refractivity contribution >= 4 is 11.8 Å². The summed E-state index contributed by atoms with van der Waals surface area (Å²) < 4.78 is 16.6. The summed E-state index contributed by atoms with van der Waals surface area (Å²) in [5, 5.41) is 0. The number of piperidine rings is 1. The number of nitrogens with zero attached hydrogens (tertiary/aromatic N) is 3. The van der Waals surface area contributed by atoms with Crippen molar-refractivity contribution in [1.82, 2.24) is 14.8 Å². The lowest BCUT2D eigenvalue weighted by molar-refractivity contribution is 0.0563. The fourth-order valence-corrected chi connectivity index (χ4v) is 3.83. The van der Waals surface area contributed by atoms with Gasteiger partial charge in [-0.2, -0.15) is 0 Å². The zero-order valence-electron chi connectivity index (χ0n) is 16.5. The Morgan fingerprint density at radius 1 is 1.07 bits per heavy atom. The van der Waals surface area contributed by atoms with Crippen LogP contribution in [0.4, 0.5) is 0 Å². The fraction of sp³-hybridized carbons (Fsp3) is 0.476. The average molecular weight is 399 g/mol. The number of oxazole rings is 1. The van der Waals surface area contributed by atoms with E-state index < -0.39 is 0 Å². The van der Waals surface area contributed by atoms with Crippen LogP contribution in [0.15, 0.2) is 35.2 Å². The number of rotatable bonds is 5. The molecule has 0 atom stereocenters. The summed E-state index contributed by atoms with van der Waals surface area (Å²) in [6.45, 7) is 2.69. The molecule has 0 spiro atoms. The molecular weight excluding hydrogens is 374 g/mol. The van der Waals surface area contributed by atoms with Gasteiger partial charge < -0.3 is 23.7 Å². The molecule has 154 valence electrons. The molecule has 2 aliphatic rings. The Kier molecular flexibility index (Phi) is 5.69. The van der Waals surface area contributed by atoms with Crippen molar-refractivity contribution in [1.29, 1.82) is 0 Å². The molecule has 29 heavy (non-hydrogen) atoms. The van der Waals surface area contributed by atoms with E-state index in [-0.39, 0.29) is 23.7 Å². The van der Waals surface area contributed by atoms with E-state index >= 15 is 0 Å².